The maximum Gasteiger partial charge on any atom is 0.323 e. The van der Waals surface area contributed by atoms with Gasteiger partial charge in [-0.1, -0.05) is 20.8 Å². The first-order valence-electron chi connectivity index (χ1n) is 6.47. The standard InChI is InChI=1S/C13H23N3O2S/c1-5-16(6-7-17)12(18)15-11-14-10(9-19-11)8-13(2,3)4/h9,17H,5-8H2,1-4H3,(H,14,15,18). The summed E-state index contributed by atoms with van der Waals surface area (Å²) in [7, 11) is 0. The van der Waals surface area contributed by atoms with Crippen molar-refractivity contribution in [2.75, 3.05) is 25.0 Å². The van der Waals surface area contributed by atoms with Crippen molar-refractivity contribution in [1.29, 1.82) is 0 Å². The zero-order chi connectivity index (χ0) is 14.5. The minimum Gasteiger partial charge on any atom is -0.395 e. The van der Waals surface area contributed by atoms with Gasteiger partial charge in [-0.2, -0.15) is 0 Å². The van der Waals surface area contributed by atoms with Crippen molar-refractivity contribution in [3.63, 3.8) is 0 Å². The third-order valence-corrected chi connectivity index (χ3v) is 3.32. The Morgan fingerprint density at radius 1 is 1.53 bits per heavy atom. The number of nitrogens with one attached hydrogen (secondary N) is 1. The zero-order valence-electron chi connectivity index (χ0n) is 12.1. The average molecular weight is 285 g/mol. The van der Waals surface area contributed by atoms with Crippen LogP contribution in [0.15, 0.2) is 5.38 Å². The number of amides is 2. The quantitative estimate of drug-likeness (QED) is 0.874. The first-order chi connectivity index (χ1) is 8.85. The van der Waals surface area contributed by atoms with Crippen molar-refractivity contribution in [2.24, 2.45) is 5.41 Å². The number of hydrogen-bond acceptors (Lipinski definition) is 4. The number of likely N-dealkylation sites (N-methyl/N-ethyl adjacent to an activating group) is 1. The molecule has 0 aromatic carbocycles. The molecule has 0 unspecified atom stereocenters. The van der Waals surface area contributed by atoms with Gasteiger partial charge in [-0.15, -0.1) is 11.3 Å². The summed E-state index contributed by atoms with van der Waals surface area (Å²) >= 11 is 1.43. The van der Waals surface area contributed by atoms with Crippen LogP contribution in [-0.4, -0.2) is 40.7 Å². The van der Waals surface area contributed by atoms with E-state index in [0.29, 0.717) is 18.2 Å². The number of thiazole rings is 1. The van der Waals surface area contributed by atoms with Crippen molar-refractivity contribution >= 4 is 22.5 Å². The van der Waals surface area contributed by atoms with Crippen molar-refractivity contribution in [3.8, 4) is 0 Å². The molecule has 108 valence electrons. The predicted molar refractivity (Wildman–Crippen MR) is 78.6 cm³/mol. The highest BCUT2D eigenvalue weighted by molar-refractivity contribution is 7.13. The number of aromatic nitrogens is 1. The molecule has 0 saturated carbocycles. The first kappa shape index (κ1) is 15.9. The van der Waals surface area contributed by atoms with Crippen LogP contribution >= 0.6 is 11.3 Å². The fraction of sp³-hybridized carbons (Fsp3) is 0.692. The monoisotopic (exact) mass is 285 g/mol. The molecule has 2 amide bonds. The second kappa shape index (κ2) is 6.86. The van der Waals surface area contributed by atoms with E-state index in [0.717, 1.165) is 12.1 Å². The number of nitrogens with zero attached hydrogens (tertiary/aromatic N) is 2. The third-order valence-electron chi connectivity index (χ3n) is 2.52. The van der Waals surface area contributed by atoms with E-state index in [1.54, 1.807) is 4.90 Å². The van der Waals surface area contributed by atoms with Gasteiger partial charge in [-0.05, 0) is 18.8 Å². The number of carbonyl (C=O) groups excluding carboxylic acids is 1. The Balaban J connectivity index is 2.60. The lowest BCUT2D eigenvalue weighted by Crippen LogP contribution is -2.36. The molecule has 0 bridgehead atoms. The minimum absolute atomic E-state index is 0.0333. The minimum atomic E-state index is -0.215. The van der Waals surface area contributed by atoms with Crippen LogP contribution in [0.25, 0.3) is 0 Å². The molecule has 0 spiro atoms. The Labute approximate surface area is 118 Å². The topological polar surface area (TPSA) is 65.5 Å². The fourth-order valence-electron chi connectivity index (χ4n) is 1.68. The number of anilines is 1. The second-order valence-electron chi connectivity index (χ2n) is 5.61. The fourth-order valence-corrected chi connectivity index (χ4v) is 2.38. The number of carbonyl (C=O) groups is 1. The van der Waals surface area contributed by atoms with Crippen LogP contribution in [-0.2, 0) is 6.42 Å². The molecule has 19 heavy (non-hydrogen) atoms. The van der Waals surface area contributed by atoms with E-state index in [1.807, 2.05) is 12.3 Å². The summed E-state index contributed by atoms with van der Waals surface area (Å²) < 4.78 is 0. The summed E-state index contributed by atoms with van der Waals surface area (Å²) in [5, 5.41) is 14.2. The molecule has 5 nitrogen and oxygen atoms in total. The van der Waals surface area contributed by atoms with Gasteiger partial charge in [0.15, 0.2) is 5.13 Å². The summed E-state index contributed by atoms with van der Waals surface area (Å²) in [6, 6.07) is -0.215. The van der Waals surface area contributed by atoms with E-state index in [4.69, 9.17) is 5.11 Å². The van der Waals surface area contributed by atoms with Crippen LogP contribution in [0.4, 0.5) is 9.93 Å². The lowest BCUT2D eigenvalue weighted by atomic mass is 9.91. The Hall–Kier alpha value is -1.14. The van der Waals surface area contributed by atoms with Gasteiger partial charge in [0, 0.05) is 18.5 Å². The lowest BCUT2D eigenvalue weighted by Gasteiger charge is -2.19. The third kappa shape index (κ3) is 5.57. The normalized spacial score (nSPS) is 11.4. The largest absolute Gasteiger partial charge is 0.395 e. The average Bonchev–Trinajstić information content (AvgIpc) is 2.70. The summed E-state index contributed by atoms with van der Waals surface area (Å²) in [5.74, 6) is 0. The number of aliphatic hydroxyl groups is 1. The summed E-state index contributed by atoms with van der Waals surface area (Å²) in [6.45, 7) is 9.21. The molecule has 1 heterocycles. The van der Waals surface area contributed by atoms with Crippen LogP contribution in [0, 0.1) is 5.41 Å². The van der Waals surface area contributed by atoms with Crippen LogP contribution in [0.2, 0.25) is 0 Å². The van der Waals surface area contributed by atoms with Gasteiger partial charge in [0.05, 0.1) is 12.3 Å². The van der Waals surface area contributed by atoms with Gasteiger partial charge in [-0.3, -0.25) is 5.32 Å². The molecule has 1 aromatic heterocycles. The Morgan fingerprint density at radius 2 is 2.21 bits per heavy atom. The van der Waals surface area contributed by atoms with Gasteiger partial charge >= 0.3 is 6.03 Å². The molecule has 0 aliphatic rings. The molecule has 6 heteroatoms. The van der Waals surface area contributed by atoms with Crippen molar-refractivity contribution in [1.82, 2.24) is 9.88 Å². The highest BCUT2D eigenvalue weighted by Gasteiger charge is 2.16. The Bertz CT molecular complexity index is 412. The number of hydrogen-bond donors (Lipinski definition) is 2. The van der Waals surface area contributed by atoms with E-state index < -0.39 is 0 Å². The van der Waals surface area contributed by atoms with Gasteiger partial charge in [0.2, 0.25) is 0 Å². The van der Waals surface area contributed by atoms with E-state index in [2.05, 4.69) is 31.1 Å². The van der Waals surface area contributed by atoms with Crippen LogP contribution in [0.5, 0.6) is 0 Å². The maximum atomic E-state index is 11.9. The van der Waals surface area contributed by atoms with Gasteiger partial charge in [0.1, 0.15) is 0 Å². The second-order valence-corrected chi connectivity index (χ2v) is 6.47. The highest BCUT2D eigenvalue weighted by atomic mass is 32.1. The number of urea groups is 1. The molecule has 0 aliphatic carbocycles. The van der Waals surface area contributed by atoms with Crippen molar-refractivity contribution in [2.45, 2.75) is 34.1 Å². The Morgan fingerprint density at radius 3 is 2.74 bits per heavy atom. The summed E-state index contributed by atoms with van der Waals surface area (Å²) in [5.41, 5.74) is 1.18. The van der Waals surface area contributed by atoms with E-state index >= 15 is 0 Å². The first-order valence-corrected chi connectivity index (χ1v) is 7.35. The SMILES string of the molecule is CCN(CCO)C(=O)Nc1nc(CC(C)(C)C)cs1. The van der Waals surface area contributed by atoms with Crippen molar-refractivity contribution in [3.05, 3.63) is 11.1 Å². The van der Waals surface area contributed by atoms with Crippen molar-refractivity contribution < 1.29 is 9.90 Å². The summed E-state index contributed by atoms with van der Waals surface area (Å²) in [6.07, 6.45) is 0.882. The Kier molecular flexibility index (Phi) is 5.75. The molecule has 0 atom stereocenters. The van der Waals surface area contributed by atoms with E-state index in [-0.39, 0.29) is 18.1 Å². The smallest absolute Gasteiger partial charge is 0.323 e. The van der Waals surface area contributed by atoms with Gasteiger partial charge < -0.3 is 10.0 Å². The van der Waals surface area contributed by atoms with E-state index in [9.17, 15) is 4.79 Å². The highest BCUT2D eigenvalue weighted by Crippen LogP contribution is 2.24. The molecule has 0 aliphatic heterocycles. The van der Waals surface area contributed by atoms with Crippen LogP contribution < -0.4 is 5.32 Å². The molecular formula is C13H23N3O2S. The molecule has 1 aromatic rings. The zero-order valence-corrected chi connectivity index (χ0v) is 12.9. The molecule has 0 radical (unpaired) electrons. The summed E-state index contributed by atoms with van der Waals surface area (Å²) in [4.78, 5) is 17.9. The van der Waals surface area contributed by atoms with E-state index in [1.165, 1.54) is 11.3 Å². The maximum absolute atomic E-state index is 11.9. The number of aliphatic hydroxyl groups excluding tert-OH is 1. The molecule has 2 N–H and O–H groups in total. The van der Waals surface area contributed by atoms with Gasteiger partial charge in [0.25, 0.3) is 0 Å². The predicted octanol–water partition coefficient (Wildman–Crippen LogP) is 2.58. The molecular weight excluding hydrogens is 262 g/mol. The number of rotatable bonds is 5. The molecule has 0 fully saturated rings. The molecule has 1 rings (SSSR count). The van der Waals surface area contributed by atoms with Crippen LogP contribution in [0.1, 0.15) is 33.4 Å². The van der Waals surface area contributed by atoms with Crippen LogP contribution in [0.3, 0.4) is 0 Å². The molecule has 0 saturated heterocycles. The lowest BCUT2D eigenvalue weighted by molar-refractivity contribution is 0.192. The van der Waals surface area contributed by atoms with Gasteiger partial charge in [-0.25, -0.2) is 9.78 Å².